The molecular formula is C16H19ClN6O. The summed E-state index contributed by atoms with van der Waals surface area (Å²) in [4.78, 5) is 17.6. The molecule has 0 aliphatic rings. The Hall–Kier alpha value is -2.41. The van der Waals surface area contributed by atoms with Crippen LogP contribution in [-0.4, -0.2) is 50.0 Å². The molecule has 3 rings (SSSR count). The first-order chi connectivity index (χ1) is 11.3. The predicted molar refractivity (Wildman–Crippen MR) is 92.2 cm³/mol. The van der Waals surface area contributed by atoms with Crippen molar-refractivity contribution in [3.05, 3.63) is 40.3 Å². The van der Waals surface area contributed by atoms with E-state index in [9.17, 15) is 4.79 Å². The molecule has 1 aromatic carbocycles. The van der Waals surface area contributed by atoms with E-state index in [1.165, 1.54) is 0 Å². The van der Waals surface area contributed by atoms with Crippen LogP contribution in [0, 0.1) is 6.92 Å². The van der Waals surface area contributed by atoms with Crippen LogP contribution in [0.4, 0.5) is 0 Å². The number of hydrogen-bond donors (Lipinski definition) is 2. The molecule has 0 saturated heterocycles. The summed E-state index contributed by atoms with van der Waals surface area (Å²) in [5, 5.41) is 15.7. The van der Waals surface area contributed by atoms with Gasteiger partial charge in [-0.1, -0.05) is 30.7 Å². The number of fused-ring (bicyclic) bond motifs is 1. The van der Waals surface area contributed by atoms with Gasteiger partial charge in [0.2, 0.25) is 0 Å². The molecule has 0 spiro atoms. The molecule has 2 heterocycles. The Bertz CT molecular complexity index is 883. The van der Waals surface area contributed by atoms with Crippen LogP contribution in [0.25, 0.3) is 10.9 Å². The Balaban J connectivity index is 1.85. The first-order valence-electron chi connectivity index (χ1n) is 7.56. The van der Waals surface area contributed by atoms with E-state index in [0.29, 0.717) is 23.1 Å². The minimum Gasteiger partial charge on any atom is -0.350 e. The van der Waals surface area contributed by atoms with Crippen molar-refractivity contribution in [3.63, 3.8) is 0 Å². The third kappa shape index (κ3) is 2.99. The predicted octanol–water partition coefficient (Wildman–Crippen LogP) is 2.69. The molecule has 1 amide bonds. The first kappa shape index (κ1) is 16.4. The largest absolute Gasteiger partial charge is 0.350 e. The average Bonchev–Trinajstić information content (AvgIpc) is 3.15. The van der Waals surface area contributed by atoms with Crippen molar-refractivity contribution < 1.29 is 4.79 Å². The lowest BCUT2D eigenvalue weighted by Gasteiger charge is -2.27. The lowest BCUT2D eigenvalue weighted by atomic mass is 9.92. The van der Waals surface area contributed by atoms with Gasteiger partial charge in [-0.15, -0.1) is 10.2 Å². The summed E-state index contributed by atoms with van der Waals surface area (Å²) in [5.41, 5.74) is 2.00. The minimum atomic E-state index is -0.414. The molecule has 126 valence electrons. The van der Waals surface area contributed by atoms with Crippen LogP contribution in [0.5, 0.6) is 0 Å². The van der Waals surface area contributed by atoms with Gasteiger partial charge in [-0.3, -0.25) is 4.79 Å². The number of aryl methyl sites for hydroxylation is 1. The van der Waals surface area contributed by atoms with E-state index in [-0.39, 0.29) is 5.91 Å². The van der Waals surface area contributed by atoms with E-state index in [0.717, 1.165) is 16.5 Å². The Kier molecular flexibility index (Phi) is 4.04. The first-order valence-corrected chi connectivity index (χ1v) is 7.94. The summed E-state index contributed by atoms with van der Waals surface area (Å²) in [7, 11) is 1.76. The van der Waals surface area contributed by atoms with E-state index in [4.69, 9.17) is 11.6 Å². The van der Waals surface area contributed by atoms with Gasteiger partial charge in [0.15, 0.2) is 5.82 Å². The summed E-state index contributed by atoms with van der Waals surface area (Å²) < 4.78 is 0. The van der Waals surface area contributed by atoms with Gasteiger partial charge in [-0.25, -0.2) is 0 Å². The molecule has 0 unspecified atom stereocenters. The second-order valence-electron chi connectivity index (χ2n) is 6.65. The quantitative estimate of drug-likeness (QED) is 0.759. The summed E-state index contributed by atoms with van der Waals surface area (Å²) in [6, 6.07) is 5.57. The van der Waals surface area contributed by atoms with Crippen LogP contribution in [0.2, 0.25) is 5.02 Å². The number of benzene rings is 1. The zero-order valence-corrected chi connectivity index (χ0v) is 14.8. The van der Waals surface area contributed by atoms with Crippen molar-refractivity contribution in [3.8, 4) is 0 Å². The Labute approximate surface area is 144 Å². The van der Waals surface area contributed by atoms with Gasteiger partial charge in [-0.05, 0) is 30.7 Å². The fourth-order valence-electron chi connectivity index (χ4n) is 2.88. The molecule has 3 aromatic rings. The fourth-order valence-corrected chi connectivity index (χ4v) is 3.15. The van der Waals surface area contributed by atoms with Gasteiger partial charge >= 0.3 is 0 Å². The zero-order valence-electron chi connectivity index (χ0n) is 14.0. The topological polar surface area (TPSA) is 90.6 Å². The molecule has 2 N–H and O–H groups in total. The Morgan fingerprint density at radius 3 is 2.75 bits per heavy atom. The van der Waals surface area contributed by atoms with Crippen molar-refractivity contribution in [2.24, 2.45) is 0 Å². The molecule has 0 atom stereocenters. The number of H-pyrrole nitrogens is 2. The van der Waals surface area contributed by atoms with Crippen LogP contribution in [0.1, 0.15) is 35.7 Å². The van der Waals surface area contributed by atoms with E-state index < -0.39 is 5.41 Å². The molecule has 0 fully saturated rings. The number of nitrogens with zero attached hydrogens (tertiary/aromatic N) is 4. The number of carbonyl (C=O) groups excluding carboxylic acids is 1. The summed E-state index contributed by atoms with van der Waals surface area (Å²) >= 11 is 6.08. The van der Waals surface area contributed by atoms with Gasteiger partial charge in [0, 0.05) is 34.9 Å². The van der Waals surface area contributed by atoms with Crippen molar-refractivity contribution in [2.45, 2.75) is 26.2 Å². The van der Waals surface area contributed by atoms with Crippen LogP contribution in [0.15, 0.2) is 18.2 Å². The van der Waals surface area contributed by atoms with E-state index in [1.807, 2.05) is 39.0 Å². The highest BCUT2D eigenvalue weighted by atomic mass is 35.5. The van der Waals surface area contributed by atoms with Crippen LogP contribution >= 0.6 is 11.6 Å². The molecule has 0 aliphatic heterocycles. The van der Waals surface area contributed by atoms with Crippen LogP contribution in [-0.2, 0) is 5.41 Å². The van der Waals surface area contributed by atoms with Crippen molar-refractivity contribution in [1.82, 2.24) is 30.5 Å². The second kappa shape index (κ2) is 5.90. The van der Waals surface area contributed by atoms with Crippen molar-refractivity contribution >= 4 is 28.4 Å². The number of aromatic nitrogens is 5. The maximum atomic E-state index is 12.8. The molecule has 0 bridgehead atoms. The highest BCUT2D eigenvalue weighted by molar-refractivity contribution is 6.31. The lowest BCUT2D eigenvalue weighted by Crippen LogP contribution is -2.39. The van der Waals surface area contributed by atoms with Gasteiger partial charge in [0.05, 0.1) is 0 Å². The molecule has 0 aliphatic carbocycles. The zero-order chi connectivity index (χ0) is 17.5. The number of rotatable bonds is 4. The third-order valence-electron chi connectivity index (χ3n) is 4.07. The van der Waals surface area contributed by atoms with E-state index in [2.05, 4.69) is 25.6 Å². The number of carbonyl (C=O) groups is 1. The normalized spacial score (nSPS) is 11.9. The molecule has 24 heavy (non-hydrogen) atoms. The summed E-state index contributed by atoms with van der Waals surface area (Å²) in [5.74, 6) is 0.472. The second-order valence-corrected chi connectivity index (χ2v) is 7.08. The van der Waals surface area contributed by atoms with Gasteiger partial charge in [-0.2, -0.15) is 5.21 Å². The van der Waals surface area contributed by atoms with Gasteiger partial charge in [0.25, 0.3) is 5.91 Å². The number of hydrogen-bond acceptors (Lipinski definition) is 4. The monoisotopic (exact) mass is 346 g/mol. The Morgan fingerprint density at radius 1 is 1.33 bits per heavy atom. The number of aromatic amines is 2. The van der Waals surface area contributed by atoms with E-state index in [1.54, 1.807) is 11.9 Å². The smallest absolute Gasteiger partial charge is 0.270 e. The number of amides is 1. The molecule has 7 nitrogen and oxygen atoms in total. The fraction of sp³-hybridized carbons (Fsp3) is 0.375. The Morgan fingerprint density at radius 2 is 2.08 bits per heavy atom. The molecule has 0 saturated carbocycles. The number of likely N-dealkylation sites (N-methyl/N-ethyl adjacent to an activating group) is 1. The standard InChI is InChI=1S/C16H19ClN6O/c1-9-5-10(17)6-12-11(9)7-13(18-12)14(24)23(4)8-16(2,3)15-19-21-22-20-15/h5-7,18H,8H2,1-4H3,(H,19,20,21,22). The highest BCUT2D eigenvalue weighted by Crippen LogP contribution is 2.25. The lowest BCUT2D eigenvalue weighted by molar-refractivity contribution is 0.0760. The SMILES string of the molecule is Cc1cc(Cl)cc2[nH]c(C(=O)N(C)CC(C)(C)c3nn[nH]n3)cc12. The van der Waals surface area contributed by atoms with Gasteiger partial charge in [0.1, 0.15) is 5.69 Å². The van der Waals surface area contributed by atoms with Gasteiger partial charge < -0.3 is 9.88 Å². The molecule has 0 radical (unpaired) electrons. The van der Waals surface area contributed by atoms with Crippen molar-refractivity contribution in [2.75, 3.05) is 13.6 Å². The van der Waals surface area contributed by atoms with Crippen molar-refractivity contribution in [1.29, 1.82) is 0 Å². The summed E-state index contributed by atoms with van der Waals surface area (Å²) in [6.45, 7) is 6.37. The summed E-state index contributed by atoms with van der Waals surface area (Å²) in [6.07, 6.45) is 0. The van der Waals surface area contributed by atoms with Crippen LogP contribution < -0.4 is 0 Å². The average molecular weight is 347 g/mol. The maximum Gasteiger partial charge on any atom is 0.270 e. The minimum absolute atomic E-state index is 0.0988. The highest BCUT2D eigenvalue weighted by Gasteiger charge is 2.29. The third-order valence-corrected chi connectivity index (χ3v) is 4.29. The van der Waals surface area contributed by atoms with E-state index >= 15 is 0 Å². The molecule has 8 heteroatoms. The molecule has 2 aromatic heterocycles. The number of halogens is 1. The van der Waals surface area contributed by atoms with Crippen LogP contribution in [0.3, 0.4) is 0 Å². The molecular weight excluding hydrogens is 328 g/mol. The number of tetrazole rings is 1. The number of nitrogens with one attached hydrogen (secondary N) is 2. The maximum absolute atomic E-state index is 12.8.